The van der Waals surface area contributed by atoms with E-state index in [2.05, 4.69) is 27.1 Å². The molecule has 3 N–H and O–H groups in total. The van der Waals surface area contributed by atoms with Crippen LogP contribution in [-0.2, 0) is 4.79 Å². The third kappa shape index (κ3) is 3.56. The Balaban J connectivity index is 2.06. The third-order valence-corrected chi connectivity index (χ3v) is 3.33. The average Bonchev–Trinajstić information content (AvgIpc) is 2.45. The summed E-state index contributed by atoms with van der Waals surface area (Å²) in [4.78, 5) is 22.1. The summed E-state index contributed by atoms with van der Waals surface area (Å²) < 4.78 is 0. The minimum absolute atomic E-state index is 0.0807. The van der Waals surface area contributed by atoms with E-state index in [0.29, 0.717) is 6.54 Å². The molecule has 1 aromatic rings. The number of nitrogens with one attached hydrogen (secondary N) is 1. The average molecular weight is 263 g/mol. The molecule has 0 saturated carbocycles. The Kier molecular flexibility index (Phi) is 4.54. The van der Waals surface area contributed by atoms with Gasteiger partial charge in [0.15, 0.2) is 0 Å². The Labute approximate surface area is 113 Å². The molecule has 2 rings (SSSR count). The van der Waals surface area contributed by atoms with Gasteiger partial charge in [0.1, 0.15) is 11.6 Å². The highest BCUT2D eigenvalue weighted by molar-refractivity contribution is 5.77. The number of anilines is 2. The first kappa shape index (κ1) is 13.6. The molecule has 0 aromatic carbocycles. The molecule has 6 nitrogen and oxygen atoms in total. The highest BCUT2D eigenvalue weighted by atomic mass is 16.1. The first-order valence-corrected chi connectivity index (χ1v) is 6.81. The SMILES string of the molecule is CCCNc1cncc(N2CCCC(C(N)=O)C2)n1. The smallest absolute Gasteiger partial charge is 0.222 e. The van der Waals surface area contributed by atoms with Crippen LogP contribution in [-0.4, -0.2) is 35.5 Å². The summed E-state index contributed by atoms with van der Waals surface area (Å²) in [6, 6.07) is 0. The second kappa shape index (κ2) is 6.36. The Morgan fingerprint density at radius 3 is 3.16 bits per heavy atom. The number of nitrogens with two attached hydrogens (primary N) is 1. The molecule has 104 valence electrons. The van der Waals surface area contributed by atoms with Crippen LogP contribution >= 0.6 is 0 Å². The molecule has 2 heterocycles. The lowest BCUT2D eigenvalue weighted by Crippen LogP contribution is -2.41. The van der Waals surface area contributed by atoms with E-state index in [9.17, 15) is 4.79 Å². The molecule has 1 atom stereocenters. The van der Waals surface area contributed by atoms with Crippen molar-refractivity contribution in [3.8, 4) is 0 Å². The molecule has 1 unspecified atom stereocenters. The van der Waals surface area contributed by atoms with Gasteiger partial charge in [-0.2, -0.15) is 0 Å². The molecule has 1 aliphatic rings. The molecule has 1 saturated heterocycles. The van der Waals surface area contributed by atoms with E-state index in [4.69, 9.17) is 5.73 Å². The molecular weight excluding hydrogens is 242 g/mol. The number of primary amides is 1. The zero-order valence-electron chi connectivity index (χ0n) is 11.3. The van der Waals surface area contributed by atoms with Crippen LogP contribution in [0.5, 0.6) is 0 Å². The van der Waals surface area contributed by atoms with Gasteiger partial charge in [-0.1, -0.05) is 6.92 Å². The lowest BCUT2D eigenvalue weighted by molar-refractivity contribution is -0.122. The first-order valence-electron chi connectivity index (χ1n) is 6.81. The largest absolute Gasteiger partial charge is 0.369 e. The van der Waals surface area contributed by atoms with Crippen LogP contribution in [0.2, 0.25) is 0 Å². The Morgan fingerprint density at radius 1 is 1.58 bits per heavy atom. The van der Waals surface area contributed by atoms with Crippen LogP contribution in [0.1, 0.15) is 26.2 Å². The lowest BCUT2D eigenvalue weighted by atomic mass is 9.98. The van der Waals surface area contributed by atoms with Gasteiger partial charge in [-0.05, 0) is 19.3 Å². The maximum atomic E-state index is 11.3. The summed E-state index contributed by atoms with van der Waals surface area (Å²) in [7, 11) is 0. The van der Waals surface area contributed by atoms with Crippen molar-refractivity contribution in [3.05, 3.63) is 12.4 Å². The van der Waals surface area contributed by atoms with Crippen LogP contribution in [0.25, 0.3) is 0 Å². The zero-order valence-corrected chi connectivity index (χ0v) is 11.3. The van der Waals surface area contributed by atoms with E-state index in [1.165, 1.54) is 0 Å². The predicted octanol–water partition coefficient (Wildman–Crippen LogP) is 1.00. The minimum Gasteiger partial charge on any atom is -0.369 e. The van der Waals surface area contributed by atoms with Gasteiger partial charge in [0.05, 0.1) is 18.3 Å². The Bertz CT molecular complexity index is 437. The van der Waals surface area contributed by atoms with Crippen molar-refractivity contribution < 1.29 is 4.79 Å². The van der Waals surface area contributed by atoms with E-state index >= 15 is 0 Å². The van der Waals surface area contributed by atoms with E-state index < -0.39 is 0 Å². The number of rotatable bonds is 5. The first-order chi connectivity index (χ1) is 9.20. The quantitative estimate of drug-likeness (QED) is 0.828. The predicted molar refractivity (Wildman–Crippen MR) is 74.9 cm³/mol. The number of hydrogen-bond donors (Lipinski definition) is 2. The van der Waals surface area contributed by atoms with Gasteiger partial charge in [-0.25, -0.2) is 4.98 Å². The van der Waals surface area contributed by atoms with Gasteiger partial charge >= 0.3 is 0 Å². The van der Waals surface area contributed by atoms with E-state index in [0.717, 1.165) is 44.0 Å². The third-order valence-electron chi connectivity index (χ3n) is 3.33. The number of nitrogens with zero attached hydrogens (tertiary/aromatic N) is 3. The van der Waals surface area contributed by atoms with Crippen molar-refractivity contribution >= 4 is 17.5 Å². The van der Waals surface area contributed by atoms with E-state index in [1.807, 2.05) is 0 Å². The molecule has 0 bridgehead atoms. The molecule has 19 heavy (non-hydrogen) atoms. The van der Waals surface area contributed by atoms with Gasteiger partial charge in [0, 0.05) is 19.6 Å². The molecule has 1 aliphatic heterocycles. The number of aromatic nitrogens is 2. The maximum absolute atomic E-state index is 11.3. The van der Waals surface area contributed by atoms with Crippen LogP contribution in [0.3, 0.4) is 0 Å². The van der Waals surface area contributed by atoms with Gasteiger partial charge in [-0.3, -0.25) is 9.78 Å². The monoisotopic (exact) mass is 263 g/mol. The number of carbonyl (C=O) groups excluding carboxylic acids is 1. The molecule has 1 aromatic heterocycles. The molecule has 0 radical (unpaired) electrons. The fourth-order valence-corrected chi connectivity index (χ4v) is 2.26. The summed E-state index contributed by atoms with van der Waals surface area (Å²) in [6.45, 7) is 4.52. The number of piperidine rings is 1. The maximum Gasteiger partial charge on any atom is 0.222 e. The van der Waals surface area contributed by atoms with Crippen LogP contribution < -0.4 is 16.0 Å². The second-order valence-corrected chi connectivity index (χ2v) is 4.88. The van der Waals surface area contributed by atoms with Gasteiger partial charge < -0.3 is 16.0 Å². The second-order valence-electron chi connectivity index (χ2n) is 4.88. The standard InChI is InChI=1S/C13H21N5O/c1-2-5-16-11-7-15-8-12(17-11)18-6-3-4-10(9-18)13(14)19/h7-8,10H,2-6,9H2,1H3,(H2,14,19)(H,16,17). The van der Waals surface area contributed by atoms with Crippen LogP contribution in [0.4, 0.5) is 11.6 Å². The van der Waals surface area contributed by atoms with Gasteiger partial charge in [-0.15, -0.1) is 0 Å². The normalized spacial score (nSPS) is 19.2. The van der Waals surface area contributed by atoms with Crippen molar-refractivity contribution in [1.29, 1.82) is 0 Å². The number of hydrogen-bond acceptors (Lipinski definition) is 5. The topological polar surface area (TPSA) is 84.1 Å². The Hall–Kier alpha value is -1.85. The summed E-state index contributed by atoms with van der Waals surface area (Å²) in [6.07, 6.45) is 6.32. The fourth-order valence-electron chi connectivity index (χ4n) is 2.26. The van der Waals surface area contributed by atoms with Crippen molar-refractivity contribution in [3.63, 3.8) is 0 Å². The molecule has 6 heteroatoms. The molecule has 1 fully saturated rings. The molecular formula is C13H21N5O. The number of carbonyl (C=O) groups is 1. The highest BCUT2D eigenvalue weighted by Gasteiger charge is 2.24. The number of amides is 1. The van der Waals surface area contributed by atoms with Crippen molar-refractivity contribution in [1.82, 2.24) is 9.97 Å². The van der Waals surface area contributed by atoms with Crippen molar-refractivity contribution in [2.45, 2.75) is 26.2 Å². The van der Waals surface area contributed by atoms with Gasteiger partial charge in [0.2, 0.25) is 5.91 Å². The summed E-state index contributed by atoms with van der Waals surface area (Å²) in [5.74, 6) is 1.29. The minimum atomic E-state index is -0.224. The van der Waals surface area contributed by atoms with Gasteiger partial charge in [0.25, 0.3) is 0 Å². The lowest BCUT2D eigenvalue weighted by Gasteiger charge is -2.31. The molecule has 1 amide bonds. The van der Waals surface area contributed by atoms with E-state index in [1.54, 1.807) is 12.4 Å². The highest BCUT2D eigenvalue weighted by Crippen LogP contribution is 2.21. The van der Waals surface area contributed by atoms with Crippen LogP contribution in [0.15, 0.2) is 12.4 Å². The van der Waals surface area contributed by atoms with Crippen molar-refractivity contribution in [2.75, 3.05) is 29.9 Å². The summed E-state index contributed by atoms with van der Waals surface area (Å²) >= 11 is 0. The zero-order chi connectivity index (χ0) is 13.7. The summed E-state index contributed by atoms with van der Waals surface area (Å²) in [5, 5.41) is 3.22. The molecule has 0 aliphatic carbocycles. The van der Waals surface area contributed by atoms with Crippen molar-refractivity contribution in [2.24, 2.45) is 11.7 Å². The van der Waals surface area contributed by atoms with E-state index in [-0.39, 0.29) is 11.8 Å². The van der Waals surface area contributed by atoms with Crippen LogP contribution in [0, 0.1) is 5.92 Å². The molecule has 0 spiro atoms. The fraction of sp³-hybridized carbons (Fsp3) is 0.615. The Morgan fingerprint density at radius 2 is 2.42 bits per heavy atom. The summed E-state index contributed by atoms with van der Waals surface area (Å²) in [5.41, 5.74) is 5.39.